The molecule has 7 heteroatoms. The average molecular weight is 394 g/mol. The third-order valence-electron chi connectivity index (χ3n) is 4.78. The molecule has 0 aliphatic carbocycles. The standard InChI is InChI=1S/C21H22N4O3.CH4/c1-5-28-21-18-17(14-7-6-13(9-22)8-15(14)27-4)16(20(23)26)12(3)25-19(18)11(2)10-24-21;/h6-8,10,17,25H,5H2,1-4H3,(H2,23,26);1H4. The molecular formula is C22H26N4O3. The highest BCUT2D eigenvalue weighted by Crippen LogP contribution is 2.48. The summed E-state index contributed by atoms with van der Waals surface area (Å²) in [7, 11) is 1.53. The molecule has 152 valence electrons. The Bertz CT molecular complexity index is 1020. The zero-order valence-electron chi connectivity index (χ0n) is 16.3. The number of amides is 1. The molecule has 0 saturated heterocycles. The van der Waals surface area contributed by atoms with Crippen LogP contribution in [-0.4, -0.2) is 24.6 Å². The van der Waals surface area contributed by atoms with Crippen LogP contribution in [0.4, 0.5) is 5.69 Å². The van der Waals surface area contributed by atoms with E-state index < -0.39 is 11.8 Å². The number of carbonyl (C=O) groups is 1. The Morgan fingerprint density at radius 3 is 2.69 bits per heavy atom. The van der Waals surface area contributed by atoms with Gasteiger partial charge >= 0.3 is 0 Å². The van der Waals surface area contributed by atoms with Crippen LogP contribution >= 0.6 is 0 Å². The van der Waals surface area contributed by atoms with Gasteiger partial charge in [-0.15, -0.1) is 0 Å². The number of nitrogens with two attached hydrogens (primary N) is 1. The van der Waals surface area contributed by atoms with Crippen LogP contribution in [-0.2, 0) is 4.79 Å². The van der Waals surface area contributed by atoms with Crippen molar-refractivity contribution in [1.82, 2.24) is 4.98 Å². The molecule has 3 rings (SSSR count). The zero-order valence-corrected chi connectivity index (χ0v) is 16.3. The summed E-state index contributed by atoms with van der Waals surface area (Å²) in [6.45, 7) is 6.04. The van der Waals surface area contributed by atoms with Gasteiger partial charge in [-0.1, -0.05) is 13.5 Å². The van der Waals surface area contributed by atoms with Gasteiger partial charge in [0.2, 0.25) is 11.8 Å². The molecular weight excluding hydrogens is 368 g/mol. The van der Waals surface area contributed by atoms with E-state index in [1.54, 1.807) is 24.4 Å². The van der Waals surface area contributed by atoms with Gasteiger partial charge in [-0.25, -0.2) is 4.98 Å². The number of primary amides is 1. The van der Waals surface area contributed by atoms with E-state index in [2.05, 4.69) is 16.4 Å². The minimum atomic E-state index is -0.545. The summed E-state index contributed by atoms with van der Waals surface area (Å²) in [5.74, 6) is -0.160. The van der Waals surface area contributed by atoms with Gasteiger partial charge in [0.15, 0.2) is 0 Å². The van der Waals surface area contributed by atoms with Crippen molar-refractivity contribution in [1.29, 1.82) is 5.26 Å². The Balaban J connectivity index is 0.00000300. The molecule has 0 radical (unpaired) electrons. The van der Waals surface area contributed by atoms with E-state index in [4.69, 9.17) is 15.2 Å². The van der Waals surface area contributed by atoms with Crippen LogP contribution in [0.2, 0.25) is 0 Å². The van der Waals surface area contributed by atoms with Crippen molar-refractivity contribution in [3.63, 3.8) is 0 Å². The maximum atomic E-state index is 12.4. The van der Waals surface area contributed by atoms with Crippen LogP contribution in [0.3, 0.4) is 0 Å². The third-order valence-corrected chi connectivity index (χ3v) is 4.78. The lowest BCUT2D eigenvalue weighted by Gasteiger charge is -2.32. The number of aromatic nitrogens is 1. The molecule has 0 bridgehead atoms. The van der Waals surface area contributed by atoms with E-state index in [0.717, 1.165) is 16.8 Å². The van der Waals surface area contributed by atoms with Crippen LogP contribution in [0.25, 0.3) is 0 Å². The molecule has 2 aromatic rings. The first-order valence-corrected chi connectivity index (χ1v) is 8.90. The Morgan fingerprint density at radius 1 is 1.38 bits per heavy atom. The van der Waals surface area contributed by atoms with Gasteiger partial charge in [-0.2, -0.15) is 5.26 Å². The fourth-order valence-corrected chi connectivity index (χ4v) is 3.57. The van der Waals surface area contributed by atoms with E-state index in [0.29, 0.717) is 40.6 Å². The van der Waals surface area contributed by atoms with Crippen LogP contribution < -0.4 is 20.5 Å². The van der Waals surface area contributed by atoms with Crippen LogP contribution in [0.15, 0.2) is 35.7 Å². The number of hydrogen-bond acceptors (Lipinski definition) is 6. The molecule has 1 unspecified atom stereocenters. The van der Waals surface area contributed by atoms with Crippen molar-refractivity contribution >= 4 is 11.6 Å². The molecule has 3 N–H and O–H groups in total. The van der Waals surface area contributed by atoms with Gasteiger partial charge < -0.3 is 20.5 Å². The number of allylic oxidation sites excluding steroid dienone is 1. The Labute approximate surface area is 171 Å². The van der Waals surface area contributed by atoms with Gasteiger partial charge in [-0.05, 0) is 38.5 Å². The topological polar surface area (TPSA) is 110 Å². The second-order valence-electron chi connectivity index (χ2n) is 6.50. The summed E-state index contributed by atoms with van der Waals surface area (Å²) in [5, 5.41) is 12.5. The summed E-state index contributed by atoms with van der Waals surface area (Å²) >= 11 is 0. The second-order valence-corrected chi connectivity index (χ2v) is 6.50. The highest BCUT2D eigenvalue weighted by atomic mass is 16.5. The molecule has 2 heterocycles. The molecule has 29 heavy (non-hydrogen) atoms. The minimum Gasteiger partial charge on any atom is -0.496 e. The summed E-state index contributed by atoms with van der Waals surface area (Å²) in [6.07, 6.45) is 1.73. The number of nitrogens with one attached hydrogen (secondary N) is 1. The van der Waals surface area contributed by atoms with Gasteiger partial charge in [-0.3, -0.25) is 4.79 Å². The van der Waals surface area contributed by atoms with Crippen molar-refractivity contribution in [2.75, 3.05) is 19.0 Å². The molecule has 1 aliphatic rings. The van der Waals surface area contributed by atoms with Crippen molar-refractivity contribution in [3.05, 3.63) is 57.9 Å². The highest BCUT2D eigenvalue weighted by Gasteiger charge is 2.36. The number of rotatable bonds is 5. The lowest BCUT2D eigenvalue weighted by Crippen LogP contribution is -2.28. The van der Waals surface area contributed by atoms with E-state index in [9.17, 15) is 10.1 Å². The van der Waals surface area contributed by atoms with Crippen molar-refractivity contribution < 1.29 is 14.3 Å². The summed E-state index contributed by atoms with van der Waals surface area (Å²) in [4.78, 5) is 16.8. The Morgan fingerprint density at radius 2 is 2.10 bits per heavy atom. The maximum Gasteiger partial charge on any atom is 0.247 e. The summed E-state index contributed by atoms with van der Waals surface area (Å²) < 4.78 is 11.3. The number of anilines is 1. The van der Waals surface area contributed by atoms with E-state index in [1.807, 2.05) is 20.8 Å². The number of benzene rings is 1. The number of ether oxygens (including phenoxy) is 2. The van der Waals surface area contributed by atoms with Crippen LogP contribution in [0, 0.1) is 18.3 Å². The molecule has 0 saturated carbocycles. The molecule has 1 aromatic carbocycles. The van der Waals surface area contributed by atoms with Crippen molar-refractivity contribution in [3.8, 4) is 17.7 Å². The smallest absolute Gasteiger partial charge is 0.247 e. The number of pyridine rings is 1. The first kappa shape index (κ1) is 21.8. The number of nitriles is 1. The fourth-order valence-electron chi connectivity index (χ4n) is 3.57. The normalized spacial score (nSPS) is 14.8. The predicted octanol–water partition coefficient (Wildman–Crippen LogP) is 3.62. The number of nitrogens with zero attached hydrogens (tertiary/aromatic N) is 2. The van der Waals surface area contributed by atoms with E-state index in [1.165, 1.54) is 7.11 Å². The van der Waals surface area contributed by atoms with Gasteiger partial charge in [0.05, 0.1) is 42.5 Å². The Kier molecular flexibility index (Phi) is 6.49. The molecule has 1 aliphatic heterocycles. The van der Waals surface area contributed by atoms with E-state index in [-0.39, 0.29) is 7.43 Å². The quantitative estimate of drug-likeness (QED) is 0.801. The monoisotopic (exact) mass is 394 g/mol. The lowest BCUT2D eigenvalue weighted by molar-refractivity contribution is -0.114. The predicted molar refractivity (Wildman–Crippen MR) is 112 cm³/mol. The zero-order chi connectivity index (χ0) is 20.4. The molecule has 1 aromatic heterocycles. The van der Waals surface area contributed by atoms with Crippen molar-refractivity contribution in [2.45, 2.75) is 34.1 Å². The number of methoxy groups -OCH3 is 1. The fraction of sp³-hybridized carbons (Fsp3) is 0.318. The largest absolute Gasteiger partial charge is 0.496 e. The first-order chi connectivity index (χ1) is 13.4. The van der Waals surface area contributed by atoms with Crippen LogP contribution in [0.1, 0.15) is 49.4 Å². The summed E-state index contributed by atoms with van der Waals surface area (Å²) in [5.41, 5.74) is 10.5. The molecule has 7 nitrogen and oxygen atoms in total. The first-order valence-electron chi connectivity index (χ1n) is 8.90. The van der Waals surface area contributed by atoms with Gasteiger partial charge in [0.25, 0.3) is 0 Å². The number of hydrogen-bond donors (Lipinski definition) is 2. The second kappa shape index (κ2) is 8.65. The summed E-state index contributed by atoms with van der Waals surface area (Å²) in [6, 6.07) is 7.22. The molecule has 1 amide bonds. The minimum absolute atomic E-state index is 0. The highest BCUT2D eigenvalue weighted by molar-refractivity contribution is 5.98. The van der Waals surface area contributed by atoms with Crippen LogP contribution in [0.5, 0.6) is 11.6 Å². The molecule has 0 spiro atoms. The molecule has 1 atom stereocenters. The SMILES string of the molecule is C.CCOc1ncc(C)c2c1C(c1ccc(C#N)cc1OC)C(C(N)=O)=C(C)N2. The number of aryl methyl sites for hydroxylation is 1. The lowest BCUT2D eigenvalue weighted by atomic mass is 9.79. The third kappa shape index (κ3) is 3.74. The number of fused-ring (bicyclic) bond motifs is 1. The van der Waals surface area contributed by atoms with Gasteiger partial charge in [0.1, 0.15) is 5.75 Å². The van der Waals surface area contributed by atoms with Gasteiger partial charge in [0, 0.05) is 23.0 Å². The number of carbonyl (C=O) groups excluding carboxylic acids is 1. The van der Waals surface area contributed by atoms with E-state index >= 15 is 0 Å². The Hall–Kier alpha value is -3.53. The molecule has 0 fully saturated rings. The average Bonchev–Trinajstić information content (AvgIpc) is 2.68. The maximum absolute atomic E-state index is 12.4. The van der Waals surface area contributed by atoms with Crippen molar-refractivity contribution in [2.24, 2.45) is 5.73 Å².